The molecular weight excluding hydrogens is 224 g/mol. The van der Waals surface area contributed by atoms with E-state index in [-0.39, 0.29) is 5.56 Å². The molecule has 0 bridgehead atoms. The van der Waals surface area contributed by atoms with E-state index in [0.717, 1.165) is 6.42 Å². The molecule has 0 aromatic carbocycles. The van der Waals surface area contributed by atoms with Crippen LogP contribution in [0.4, 0.5) is 0 Å². The van der Waals surface area contributed by atoms with E-state index < -0.39 is 0 Å². The van der Waals surface area contributed by atoms with Gasteiger partial charge in [0.25, 0.3) is 5.56 Å². The summed E-state index contributed by atoms with van der Waals surface area (Å²) in [6, 6.07) is 1.32. The maximum atomic E-state index is 11.1. The van der Waals surface area contributed by atoms with Crippen LogP contribution >= 0.6 is 0 Å². The van der Waals surface area contributed by atoms with Gasteiger partial charge in [0.2, 0.25) is 5.88 Å². The Balaban J connectivity index is 2.16. The predicted molar refractivity (Wildman–Crippen MR) is 62.4 cm³/mol. The highest BCUT2D eigenvalue weighted by Crippen LogP contribution is 2.00. The van der Waals surface area contributed by atoms with E-state index in [4.69, 9.17) is 14.2 Å². The fourth-order valence-corrected chi connectivity index (χ4v) is 1.24. The highest BCUT2D eigenvalue weighted by molar-refractivity contribution is 5.07. The molecule has 0 spiro atoms. The zero-order valence-electron chi connectivity index (χ0n) is 10.2. The van der Waals surface area contributed by atoms with Crippen LogP contribution in [0.2, 0.25) is 0 Å². The van der Waals surface area contributed by atoms with Crippen molar-refractivity contribution >= 4 is 0 Å². The summed E-state index contributed by atoms with van der Waals surface area (Å²) in [6.45, 7) is 3.88. The molecule has 6 heteroatoms. The smallest absolute Gasteiger partial charge is 0.254 e. The zero-order valence-corrected chi connectivity index (χ0v) is 10.2. The summed E-state index contributed by atoms with van der Waals surface area (Å²) in [4.78, 5) is 17.7. The lowest BCUT2D eigenvalue weighted by Crippen LogP contribution is -2.13. The summed E-state index contributed by atoms with van der Waals surface area (Å²) in [5.41, 5.74) is -0.214. The zero-order chi connectivity index (χ0) is 12.5. The second-order valence-electron chi connectivity index (χ2n) is 3.48. The summed E-state index contributed by atoms with van der Waals surface area (Å²) in [6.07, 6.45) is 0.860. The van der Waals surface area contributed by atoms with Gasteiger partial charge in [0.1, 0.15) is 12.4 Å². The average Bonchev–Trinajstić information content (AvgIpc) is 2.26. The topological polar surface area (TPSA) is 73.4 Å². The van der Waals surface area contributed by atoms with Crippen LogP contribution in [0.15, 0.2) is 10.9 Å². The van der Waals surface area contributed by atoms with E-state index in [0.29, 0.717) is 38.1 Å². The molecule has 1 N–H and O–H groups in total. The van der Waals surface area contributed by atoms with E-state index in [2.05, 4.69) is 9.97 Å². The van der Waals surface area contributed by atoms with Gasteiger partial charge < -0.3 is 19.2 Å². The van der Waals surface area contributed by atoms with Gasteiger partial charge in [-0.1, -0.05) is 0 Å². The van der Waals surface area contributed by atoms with Gasteiger partial charge in [0.05, 0.1) is 12.7 Å². The number of hydrogen-bond acceptors (Lipinski definition) is 5. The van der Waals surface area contributed by atoms with E-state index in [1.54, 1.807) is 14.0 Å². The third-order valence-corrected chi connectivity index (χ3v) is 1.95. The van der Waals surface area contributed by atoms with Crippen LogP contribution in [0, 0.1) is 6.92 Å². The first-order valence-electron chi connectivity index (χ1n) is 5.50. The van der Waals surface area contributed by atoms with Crippen molar-refractivity contribution in [3.8, 4) is 5.88 Å². The van der Waals surface area contributed by atoms with Crippen LogP contribution in [0.5, 0.6) is 5.88 Å². The normalized spacial score (nSPS) is 10.5. The monoisotopic (exact) mass is 242 g/mol. The largest absolute Gasteiger partial charge is 0.475 e. The van der Waals surface area contributed by atoms with Crippen molar-refractivity contribution < 1.29 is 14.2 Å². The molecule has 0 radical (unpaired) electrons. The van der Waals surface area contributed by atoms with Crippen molar-refractivity contribution in [2.24, 2.45) is 0 Å². The number of aryl methyl sites for hydroxylation is 1. The molecule has 0 amide bonds. The molecule has 1 aromatic rings. The Morgan fingerprint density at radius 3 is 2.82 bits per heavy atom. The molecule has 96 valence electrons. The predicted octanol–water partition coefficient (Wildman–Crippen LogP) is 0.510. The summed E-state index contributed by atoms with van der Waals surface area (Å²) in [5.74, 6) is 0.861. The number of hydrogen-bond donors (Lipinski definition) is 1. The molecule has 17 heavy (non-hydrogen) atoms. The van der Waals surface area contributed by atoms with Crippen molar-refractivity contribution in [1.82, 2.24) is 9.97 Å². The van der Waals surface area contributed by atoms with Crippen LogP contribution in [0.25, 0.3) is 0 Å². The number of nitrogens with zero attached hydrogens (tertiary/aromatic N) is 1. The lowest BCUT2D eigenvalue weighted by atomic mass is 10.5. The number of aromatic amines is 1. The van der Waals surface area contributed by atoms with Gasteiger partial charge in [-0.2, -0.15) is 0 Å². The Hall–Kier alpha value is -1.40. The standard InChI is InChI=1S/C11H18N2O4/c1-9-12-10(14)8-11(13-9)17-7-6-16-5-3-4-15-2/h8H,3-7H2,1-2H3,(H,12,13,14). The minimum Gasteiger partial charge on any atom is -0.475 e. The second kappa shape index (κ2) is 7.81. The Bertz CT molecular complexity index is 378. The highest BCUT2D eigenvalue weighted by atomic mass is 16.5. The van der Waals surface area contributed by atoms with E-state index in [1.807, 2.05) is 0 Å². The highest BCUT2D eigenvalue weighted by Gasteiger charge is 1.98. The van der Waals surface area contributed by atoms with Crippen LogP contribution in [0.3, 0.4) is 0 Å². The molecule has 0 aliphatic carbocycles. The first-order chi connectivity index (χ1) is 8.22. The molecule has 6 nitrogen and oxygen atoms in total. The van der Waals surface area contributed by atoms with Gasteiger partial charge in [-0.05, 0) is 13.3 Å². The van der Waals surface area contributed by atoms with E-state index in [9.17, 15) is 4.79 Å². The SMILES string of the molecule is COCCCOCCOc1cc(=O)[nH]c(C)n1. The van der Waals surface area contributed by atoms with Gasteiger partial charge >= 0.3 is 0 Å². The van der Waals surface area contributed by atoms with Crippen LogP contribution < -0.4 is 10.3 Å². The van der Waals surface area contributed by atoms with E-state index in [1.165, 1.54) is 6.07 Å². The van der Waals surface area contributed by atoms with Crippen molar-refractivity contribution in [3.63, 3.8) is 0 Å². The number of ether oxygens (including phenoxy) is 3. The molecule has 1 rings (SSSR count). The Morgan fingerprint density at radius 1 is 1.29 bits per heavy atom. The summed E-state index contributed by atoms with van der Waals surface area (Å²) < 4.78 is 15.5. The van der Waals surface area contributed by atoms with Gasteiger partial charge in [-0.3, -0.25) is 4.79 Å². The second-order valence-corrected chi connectivity index (χ2v) is 3.48. The molecule has 1 aromatic heterocycles. The molecule has 0 saturated heterocycles. The Labute approximate surface area is 99.9 Å². The van der Waals surface area contributed by atoms with Gasteiger partial charge in [0, 0.05) is 20.3 Å². The van der Waals surface area contributed by atoms with Crippen molar-refractivity contribution in [2.45, 2.75) is 13.3 Å². The first kappa shape index (κ1) is 13.7. The average molecular weight is 242 g/mol. The lowest BCUT2D eigenvalue weighted by molar-refractivity contribution is 0.0794. The molecule has 0 saturated carbocycles. The Kier molecular flexibility index (Phi) is 6.27. The number of methoxy groups -OCH3 is 1. The van der Waals surface area contributed by atoms with Crippen LogP contribution in [-0.2, 0) is 9.47 Å². The van der Waals surface area contributed by atoms with E-state index >= 15 is 0 Å². The molecule has 0 unspecified atom stereocenters. The molecule has 0 aliphatic heterocycles. The molecule has 0 aliphatic rings. The molecule has 0 fully saturated rings. The maximum Gasteiger partial charge on any atom is 0.254 e. The van der Waals surface area contributed by atoms with Crippen LogP contribution in [0.1, 0.15) is 12.2 Å². The lowest BCUT2D eigenvalue weighted by Gasteiger charge is -2.06. The molecule has 1 heterocycles. The fourth-order valence-electron chi connectivity index (χ4n) is 1.24. The third kappa shape index (κ3) is 6.03. The van der Waals surface area contributed by atoms with Gasteiger partial charge in [-0.25, -0.2) is 4.98 Å². The third-order valence-electron chi connectivity index (χ3n) is 1.95. The van der Waals surface area contributed by atoms with Crippen molar-refractivity contribution in [2.75, 3.05) is 33.5 Å². The minimum atomic E-state index is -0.214. The number of rotatable bonds is 8. The molecule has 0 atom stereocenters. The minimum absolute atomic E-state index is 0.214. The quantitative estimate of drug-likeness (QED) is 0.672. The number of nitrogens with one attached hydrogen (secondary N) is 1. The number of aromatic nitrogens is 2. The van der Waals surface area contributed by atoms with Gasteiger partial charge in [0.15, 0.2) is 0 Å². The Morgan fingerprint density at radius 2 is 2.12 bits per heavy atom. The molecular formula is C11H18N2O4. The summed E-state index contributed by atoms with van der Waals surface area (Å²) >= 11 is 0. The first-order valence-corrected chi connectivity index (χ1v) is 5.50. The van der Waals surface area contributed by atoms with Crippen molar-refractivity contribution in [3.05, 3.63) is 22.2 Å². The maximum absolute atomic E-state index is 11.1. The fraction of sp³-hybridized carbons (Fsp3) is 0.636. The summed E-state index contributed by atoms with van der Waals surface area (Å²) in [7, 11) is 1.66. The number of H-pyrrole nitrogens is 1. The van der Waals surface area contributed by atoms with Crippen LogP contribution in [-0.4, -0.2) is 43.5 Å². The summed E-state index contributed by atoms with van der Waals surface area (Å²) in [5, 5.41) is 0. The van der Waals surface area contributed by atoms with Gasteiger partial charge in [-0.15, -0.1) is 0 Å². The van der Waals surface area contributed by atoms with Crippen molar-refractivity contribution in [1.29, 1.82) is 0 Å².